The van der Waals surface area contributed by atoms with E-state index in [1.807, 2.05) is 0 Å². The van der Waals surface area contributed by atoms with Gasteiger partial charge in [0.2, 0.25) is 0 Å². The summed E-state index contributed by atoms with van der Waals surface area (Å²) in [6.45, 7) is 1.79. The predicted molar refractivity (Wildman–Crippen MR) is 91.7 cm³/mol. The number of methoxy groups -OCH3 is 1. The largest absolute Gasteiger partial charge is 0.478 e. The fourth-order valence-electron chi connectivity index (χ4n) is 2.92. The van der Waals surface area contributed by atoms with E-state index in [1.165, 1.54) is 42.1 Å². The van der Waals surface area contributed by atoms with Crippen LogP contribution in [0.15, 0.2) is 42.5 Å². The Hall–Kier alpha value is -3.06. The lowest BCUT2D eigenvalue weighted by Gasteiger charge is -2.07. The van der Waals surface area contributed by atoms with Gasteiger partial charge in [0.25, 0.3) is 0 Å². The molecule has 0 fully saturated rings. The topological polar surface area (TPSA) is 64.4 Å². The molecule has 0 aliphatic heterocycles. The van der Waals surface area contributed by atoms with E-state index in [1.54, 1.807) is 19.1 Å². The first-order valence-corrected chi connectivity index (χ1v) is 7.78. The van der Waals surface area contributed by atoms with E-state index in [0.29, 0.717) is 16.8 Å². The summed E-state index contributed by atoms with van der Waals surface area (Å²) in [4.78, 5) is 11.5. The number of benzene rings is 2. The van der Waals surface area contributed by atoms with E-state index in [2.05, 4.69) is 5.10 Å². The molecule has 0 aliphatic rings. The molecule has 5 nitrogen and oxygen atoms in total. The number of ether oxygens (including phenoxy) is 1. The average molecular weight is 358 g/mol. The molecular weight excluding hydrogens is 342 g/mol. The third-order valence-electron chi connectivity index (χ3n) is 4.04. The van der Waals surface area contributed by atoms with Gasteiger partial charge in [0.1, 0.15) is 18.4 Å². The van der Waals surface area contributed by atoms with Crippen LogP contribution < -0.4 is 0 Å². The van der Waals surface area contributed by atoms with Crippen molar-refractivity contribution in [1.82, 2.24) is 9.78 Å². The van der Waals surface area contributed by atoms with E-state index >= 15 is 0 Å². The van der Waals surface area contributed by atoms with Crippen LogP contribution >= 0.6 is 0 Å². The van der Waals surface area contributed by atoms with Crippen molar-refractivity contribution < 1.29 is 23.4 Å². The number of rotatable bonds is 5. The van der Waals surface area contributed by atoms with Gasteiger partial charge in [0, 0.05) is 18.2 Å². The van der Waals surface area contributed by atoms with Gasteiger partial charge in [0.15, 0.2) is 0 Å². The fourth-order valence-corrected chi connectivity index (χ4v) is 2.92. The van der Waals surface area contributed by atoms with Gasteiger partial charge >= 0.3 is 5.97 Å². The molecule has 0 unspecified atom stereocenters. The van der Waals surface area contributed by atoms with Gasteiger partial charge in [-0.15, -0.1) is 0 Å². The highest BCUT2D eigenvalue weighted by Gasteiger charge is 2.24. The van der Waals surface area contributed by atoms with E-state index in [4.69, 9.17) is 4.74 Å². The van der Waals surface area contributed by atoms with Gasteiger partial charge in [-0.1, -0.05) is 6.07 Å². The molecule has 7 heteroatoms. The van der Waals surface area contributed by atoms with Crippen LogP contribution in [0.2, 0.25) is 0 Å². The van der Waals surface area contributed by atoms with Crippen LogP contribution in [0.4, 0.5) is 8.78 Å². The van der Waals surface area contributed by atoms with Crippen molar-refractivity contribution in [2.24, 2.45) is 0 Å². The van der Waals surface area contributed by atoms with Crippen molar-refractivity contribution in [3.05, 3.63) is 65.2 Å². The highest BCUT2D eigenvalue weighted by Crippen LogP contribution is 2.35. The van der Waals surface area contributed by atoms with Crippen molar-refractivity contribution in [3.63, 3.8) is 0 Å². The van der Waals surface area contributed by atoms with E-state index in [0.717, 1.165) is 0 Å². The van der Waals surface area contributed by atoms with Crippen LogP contribution in [0.5, 0.6) is 0 Å². The minimum atomic E-state index is -1.25. The van der Waals surface area contributed by atoms with Crippen molar-refractivity contribution in [3.8, 4) is 22.5 Å². The Morgan fingerprint density at radius 3 is 2.50 bits per heavy atom. The molecule has 2 aromatic carbocycles. The zero-order valence-electron chi connectivity index (χ0n) is 14.2. The number of nitrogens with zero attached hydrogens (tertiary/aromatic N) is 2. The van der Waals surface area contributed by atoms with Crippen molar-refractivity contribution >= 4 is 5.97 Å². The Labute approximate surface area is 148 Å². The second-order valence-corrected chi connectivity index (χ2v) is 5.71. The molecule has 0 bridgehead atoms. The molecule has 0 spiro atoms. The van der Waals surface area contributed by atoms with Crippen LogP contribution in [0.25, 0.3) is 22.5 Å². The average Bonchev–Trinajstić information content (AvgIpc) is 2.92. The van der Waals surface area contributed by atoms with Crippen molar-refractivity contribution in [2.45, 2.75) is 13.7 Å². The van der Waals surface area contributed by atoms with E-state index in [-0.39, 0.29) is 29.4 Å². The molecule has 0 saturated carbocycles. The third-order valence-corrected chi connectivity index (χ3v) is 4.04. The van der Waals surface area contributed by atoms with Crippen LogP contribution in [-0.4, -0.2) is 28.0 Å². The molecule has 26 heavy (non-hydrogen) atoms. The number of aromatic nitrogens is 2. The summed E-state index contributed by atoms with van der Waals surface area (Å²) >= 11 is 0. The van der Waals surface area contributed by atoms with Crippen molar-refractivity contribution in [2.75, 3.05) is 7.11 Å². The number of hydrogen-bond acceptors (Lipinski definition) is 3. The smallest absolute Gasteiger partial charge is 0.336 e. The normalized spacial score (nSPS) is 10.9. The Kier molecular flexibility index (Phi) is 4.81. The standard InChI is InChI=1S/C19H16F2N2O3/c1-11-17(16-14(19(24)25)4-3-5-15(16)21)22-23(10-26-2)18(11)12-6-8-13(20)9-7-12/h3-9H,10H2,1-2H3,(H,24,25). The number of carboxylic acid groups (broad SMARTS) is 1. The Bertz CT molecular complexity index is 966. The summed E-state index contributed by atoms with van der Waals surface area (Å²) < 4.78 is 34.4. The summed E-state index contributed by atoms with van der Waals surface area (Å²) in [5, 5.41) is 13.8. The van der Waals surface area contributed by atoms with Gasteiger partial charge in [-0.2, -0.15) is 5.10 Å². The second-order valence-electron chi connectivity index (χ2n) is 5.71. The minimum absolute atomic E-state index is 0.0738. The van der Waals surface area contributed by atoms with Gasteiger partial charge < -0.3 is 9.84 Å². The van der Waals surface area contributed by atoms with Crippen molar-refractivity contribution in [1.29, 1.82) is 0 Å². The monoisotopic (exact) mass is 358 g/mol. The molecule has 1 heterocycles. The third kappa shape index (κ3) is 3.09. The number of carboxylic acids is 1. The lowest BCUT2D eigenvalue weighted by Crippen LogP contribution is -2.05. The lowest BCUT2D eigenvalue weighted by molar-refractivity contribution is 0.0697. The maximum Gasteiger partial charge on any atom is 0.336 e. The van der Waals surface area contributed by atoms with Gasteiger partial charge in [-0.3, -0.25) is 0 Å². The molecule has 1 N–H and O–H groups in total. The van der Waals surface area contributed by atoms with E-state index < -0.39 is 11.8 Å². The summed E-state index contributed by atoms with van der Waals surface area (Å²) in [7, 11) is 1.48. The zero-order chi connectivity index (χ0) is 18.8. The molecule has 1 aromatic heterocycles. The fraction of sp³-hybridized carbons (Fsp3) is 0.158. The first kappa shape index (κ1) is 17.8. The second kappa shape index (κ2) is 7.05. The minimum Gasteiger partial charge on any atom is -0.478 e. The molecular formula is C19H16F2N2O3. The van der Waals surface area contributed by atoms with Crippen LogP contribution in [0, 0.1) is 18.6 Å². The Morgan fingerprint density at radius 2 is 1.88 bits per heavy atom. The highest BCUT2D eigenvalue weighted by atomic mass is 19.1. The summed E-state index contributed by atoms with van der Waals surface area (Å²) in [5.74, 6) is -2.31. The predicted octanol–water partition coefficient (Wildman–Crippen LogP) is 4.11. The highest BCUT2D eigenvalue weighted by molar-refractivity contribution is 5.96. The summed E-state index contributed by atoms with van der Waals surface area (Å²) in [5.41, 5.74) is 1.77. The maximum atomic E-state index is 14.5. The molecule has 134 valence electrons. The first-order valence-electron chi connectivity index (χ1n) is 7.78. The maximum absolute atomic E-state index is 14.5. The van der Waals surface area contributed by atoms with E-state index in [9.17, 15) is 18.7 Å². The summed E-state index contributed by atoms with van der Waals surface area (Å²) in [6.07, 6.45) is 0. The number of aromatic carboxylic acids is 1. The molecule has 0 atom stereocenters. The molecule has 3 rings (SSSR count). The van der Waals surface area contributed by atoms with Gasteiger partial charge in [-0.25, -0.2) is 18.3 Å². The zero-order valence-corrected chi connectivity index (χ0v) is 14.2. The molecule has 0 radical (unpaired) electrons. The first-order chi connectivity index (χ1) is 12.4. The van der Waals surface area contributed by atoms with Gasteiger partial charge in [-0.05, 0) is 43.3 Å². The summed E-state index contributed by atoms with van der Waals surface area (Å²) in [6, 6.07) is 9.63. The lowest BCUT2D eigenvalue weighted by atomic mass is 9.98. The molecule has 3 aromatic rings. The van der Waals surface area contributed by atoms with Crippen LogP contribution in [-0.2, 0) is 11.5 Å². The van der Waals surface area contributed by atoms with Crippen LogP contribution in [0.3, 0.4) is 0 Å². The number of carbonyl (C=O) groups is 1. The number of halogens is 2. The molecule has 0 saturated heterocycles. The Morgan fingerprint density at radius 1 is 1.19 bits per heavy atom. The molecule has 0 aliphatic carbocycles. The number of hydrogen-bond donors (Lipinski definition) is 1. The van der Waals surface area contributed by atoms with Crippen LogP contribution in [0.1, 0.15) is 15.9 Å². The Balaban J connectivity index is 2.27. The van der Waals surface area contributed by atoms with Gasteiger partial charge in [0.05, 0.1) is 22.5 Å². The SMILES string of the molecule is COCn1nc(-c2c(F)cccc2C(=O)O)c(C)c1-c1ccc(F)cc1. The molecule has 0 amide bonds. The quantitative estimate of drug-likeness (QED) is 0.746.